The van der Waals surface area contributed by atoms with Gasteiger partial charge in [0.2, 0.25) is 0 Å². The van der Waals surface area contributed by atoms with Crippen LogP contribution >= 0.6 is 41.3 Å². The topological polar surface area (TPSA) is 80.3 Å². The van der Waals surface area contributed by atoms with Gasteiger partial charge in [-0.1, -0.05) is 0 Å². The summed E-state index contributed by atoms with van der Waals surface area (Å²) in [6.45, 7) is 2.67. The molecular formula is C18H18I2O7. The molecule has 0 saturated carbocycles. The summed E-state index contributed by atoms with van der Waals surface area (Å²) in [4.78, 5) is 23.4. The molecule has 0 aliphatic carbocycles. The van der Waals surface area contributed by atoms with E-state index in [1.54, 1.807) is 14.2 Å². The quantitative estimate of drug-likeness (QED) is 0.478. The van der Waals surface area contributed by atoms with Crippen LogP contribution < -0.4 is 9.47 Å². The molecule has 3 rings (SSSR count). The molecule has 146 valence electrons. The van der Waals surface area contributed by atoms with Gasteiger partial charge in [0.1, 0.15) is 0 Å². The molecule has 0 aromatic heterocycles. The van der Waals surface area contributed by atoms with Gasteiger partial charge in [0.05, 0.1) is 0 Å². The predicted molar refractivity (Wildman–Crippen MR) is 115 cm³/mol. The fourth-order valence-electron chi connectivity index (χ4n) is 2.51. The van der Waals surface area contributed by atoms with Crippen LogP contribution in [0, 0.1) is 7.14 Å². The second kappa shape index (κ2) is 8.61. The van der Waals surface area contributed by atoms with E-state index in [9.17, 15) is 9.59 Å². The first-order valence-corrected chi connectivity index (χ1v) is 13.5. The second-order valence-electron chi connectivity index (χ2n) is 5.26. The molecule has 9 heteroatoms. The summed E-state index contributed by atoms with van der Waals surface area (Å²) >= 11 is -5.82. The fraction of sp³-hybridized carbons (Fsp3) is 0.222. The third kappa shape index (κ3) is 4.14. The Hall–Kier alpha value is -1.60. The van der Waals surface area contributed by atoms with Crippen LogP contribution in [0.4, 0.5) is 0 Å². The molecule has 1 heterocycles. The zero-order valence-electron chi connectivity index (χ0n) is 15.1. The molecule has 0 N–H and O–H groups in total. The van der Waals surface area contributed by atoms with E-state index in [0.29, 0.717) is 11.5 Å². The van der Waals surface area contributed by atoms with Gasteiger partial charge in [-0.15, -0.1) is 0 Å². The van der Waals surface area contributed by atoms with Crippen molar-refractivity contribution in [1.29, 1.82) is 0 Å². The average molecular weight is 600 g/mol. The van der Waals surface area contributed by atoms with Crippen LogP contribution in [-0.4, -0.2) is 26.2 Å². The van der Waals surface area contributed by atoms with Crippen molar-refractivity contribution in [1.82, 2.24) is 0 Å². The van der Waals surface area contributed by atoms with Crippen LogP contribution in [-0.2, 0) is 17.1 Å². The number of halogens is 2. The Bertz CT molecular complexity index is 813. The summed E-state index contributed by atoms with van der Waals surface area (Å²) in [5.74, 6) is 0.338. The molecule has 0 fully saturated rings. The number of carbonyl (C=O) groups excluding carboxylic acids is 2. The summed E-state index contributed by atoms with van der Waals surface area (Å²) in [6, 6.07) is 11.0. The Kier molecular flexibility index (Phi) is 6.42. The van der Waals surface area contributed by atoms with Gasteiger partial charge >= 0.3 is 174 Å². The minimum atomic E-state index is -2.91. The molecule has 0 spiro atoms. The first kappa shape index (κ1) is 20.1. The van der Waals surface area contributed by atoms with Gasteiger partial charge in [-0.25, -0.2) is 0 Å². The third-order valence-electron chi connectivity index (χ3n) is 3.44. The van der Waals surface area contributed by atoms with Gasteiger partial charge < -0.3 is 0 Å². The molecule has 0 unspecified atom stereocenters. The standard InChI is InChI=1S/C18H18I2O7/c1-11(21)25-19-13-7-5-9-15(23-3)17(13)18-14(8-6-10-16(18)24-4)20(27-19)26-12(2)22/h5-10H,1-4H3. The maximum absolute atomic E-state index is 11.7. The average Bonchev–Trinajstić information content (AvgIpc) is 2.76. The van der Waals surface area contributed by atoms with Gasteiger partial charge in [-0.2, -0.15) is 0 Å². The van der Waals surface area contributed by atoms with Crippen molar-refractivity contribution in [2.75, 3.05) is 14.2 Å². The molecule has 0 bridgehead atoms. The SMILES string of the molecule is COc1cccc2c1-c1c(OC)cccc1I(OC(C)=O)OI2OC(C)=O. The molecule has 0 amide bonds. The van der Waals surface area contributed by atoms with Crippen molar-refractivity contribution in [3.8, 4) is 22.6 Å². The number of ether oxygens (including phenoxy) is 2. The van der Waals surface area contributed by atoms with E-state index >= 15 is 0 Å². The second-order valence-corrected chi connectivity index (χ2v) is 13.5. The summed E-state index contributed by atoms with van der Waals surface area (Å²) in [6.07, 6.45) is 0. The Labute approximate surface area is 173 Å². The van der Waals surface area contributed by atoms with Crippen LogP contribution in [0.1, 0.15) is 13.8 Å². The molecule has 0 atom stereocenters. The monoisotopic (exact) mass is 600 g/mol. The van der Waals surface area contributed by atoms with E-state index in [2.05, 4.69) is 0 Å². The first-order chi connectivity index (χ1) is 13.0. The number of rotatable bonds is 4. The van der Waals surface area contributed by atoms with Crippen LogP contribution in [0.5, 0.6) is 11.5 Å². The number of hydrogen-bond donors (Lipinski definition) is 0. The molecular weight excluding hydrogens is 582 g/mol. The van der Waals surface area contributed by atoms with Crippen molar-refractivity contribution in [2.24, 2.45) is 0 Å². The molecule has 27 heavy (non-hydrogen) atoms. The molecule has 2 aromatic carbocycles. The van der Waals surface area contributed by atoms with Crippen LogP contribution in [0.2, 0.25) is 0 Å². The number of carbonyl (C=O) groups is 2. The minimum absolute atomic E-state index is 0.439. The Morgan fingerprint density at radius 3 is 1.52 bits per heavy atom. The molecule has 0 radical (unpaired) electrons. The number of benzene rings is 2. The Balaban J connectivity index is 2.33. The van der Waals surface area contributed by atoms with E-state index in [4.69, 9.17) is 17.0 Å². The van der Waals surface area contributed by atoms with Crippen molar-refractivity contribution in [2.45, 2.75) is 13.8 Å². The van der Waals surface area contributed by atoms with Crippen LogP contribution in [0.15, 0.2) is 36.4 Å². The van der Waals surface area contributed by atoms with Gasteiger partial charge in [0.25, 0.3) is 0 Å². The number of fused-ring (bicyclic) bond motifs is 3. The van der Waals surface area contributed by atoms with E-state index in [1.807, 2.05) is 36.4 Å². The zero-order valence-corrected chi connectivity index (χ0v) is 19.4. The number of methoxy groups -OCH3 is 2. The van der Waals surface area contributed by atoms with Crippen LogP contribution in [0.25, 0.3) is 11.1 Å². The normalized spacial score (nSPS) is 15.1. The number of hydrogen-bond acceptors (Lipinski definition) is 7. The van der Waals surface area contributed by atoms with Gasteiger partial charge in [-0.3, -0.25) is 0 Å². The Morgan fingerprint density at radius 1 is 0.778 bits per heavy atom. The molecule has 1 aliphatic heterocycles. The molecule has 7 nitrogen and oxygen atoms in total. The maximum atomic E-state index is 11.7. The van der Waals surface area contributed by atoms with Gasteiger partial charge in [0.15, 0.2) is 0 Å². The third-order valence-corrected chi connectivity index (χ3v) is 13.8. The fourth-order valence-corrected chi connectivity index (χ4v) is 13.0. The van der Waals surface area contributed by atoms with E-state index in [-0.39, 0.29) is 0 Å². The summed E-state index contributed by atoms with van der Waals surface area (Å²) in [5, 5.41) is 0. The zero-order chi connectivity index (χ0) is 19.6. The van der Waals surface area contributed by atoms with Crippen molar-refractivity contribution < 1.29 is 26.6 Å². The van der Waals surface area contributed by atoms with Gasteiger partial charge in [-0.05, 0) is 0 Å². The summed E-state index contributed by atoms with van der Waals surface area (Å²) in [5.41, 5.74) is 1.51. The Morgan fingerprint density at radius 2 is 1.19 bits per heavy atom. The van der Waals surface area contributed by atoms with Gasteiger partial charge in [0, 0.05) is 0 Å². The first-order valence-electron chi connectivity index (χ1n) is 7.77. The summed E-state index contributed by atoms with van der Waals surface area (Å²) < 4.78 is 30.0. The molecule has 1 aliphatic rings. The van der Waals surface area contributed by atoms with Crippen LogP contribution in [0.3, 0.4) is 0 Å². The predicted octanol–water partition coefficient (Wildman–Crippen LogP) is 4.54. The van der Waals surface area contributed by atoms with Crippen molar-refractivity contribution >= 4 is 53.2 Å². The molecule has 2 aromatic rings. The van der Waals surface area contributed by atoms with E-state index in [1.165, 1.54) is 13.8 Å². The van der Waals surface area contributed by atoms with Crippen molar-refractivity contribution in [3.05, 3.63) is 43.5 Å². The van der Waals surface area contributed by atoms with E-state index < -0.39 is 53.2 Å². The summed E-state index contributed by atoms with van der Waals surface area (Å²) in [7, 11) is 3.15. The van der Waals surface area contributed by atoms with Crippen molar-refractivity contribution in [3.63, 3.8) is 0 Å². The van der Waals surface area contributed by atoms with E-state index in [0.717, 1.165) is 18.3 Å². The molecule has 0 saturated heterocycles.